The first-order valence-corrected chi connectivity index (χ1v) is 34.4. The summed E-state index contributed by atoms with van der Waals surface area (Å²) in [4.78, 5) is 38.4. The summed E-state index contributed by atoms with van der Waals surface area (Å²) in [6.45, 7) is 6.54. The number of carbonyl (C=O) groups is 3. The van der Waals surface area contributed by atoms with Crippen LogP contribution in [0.15, 0.2) is 72.9 Å². The van der Waals surface area contributed by atoms with Gasteiger partial charge in [0.1, 0.15) is 13.2 Å². The molecule has 0 aliphatic carbocycles. The lowest BCUT2D eigenvalue weighted by Gasteiger charge is -2.18. The molecule has 0 heterocycles. The van der Waals surface area contributed by atoms with E-state index in [4.69, 9.17) is 14.2 Å². The van der Waals surface area contributed by atoms with E-state index in [1.807, 2.05) is 0 Å². The number of allylic oxidation sites excluding steroid dienone is 12. The first-order valence-electron chi connectivity index (χ1n) is 34.4. The number of esters is 3. The molecule has 0 aromatic rings. The van der Waals surface area contributed by atoms with Crippen LogP contribution in [0, 0.1) is 0 Å². The zero-order valence-electron chi connectivity index (χ0n) is 52.6. The standard InChI is InChI=1S/C73H130O6/c1-4-7-10-13-16-19-22-25-27-29-30-31-32-33-34-35-36-37-38-39-40-41-42-44-45-48-51-54-57-60-63-66-72(75)78-69-70(68-77-71(74)65-62-59-56-53-50-47-24-21-18-15-12-9-6-3)79-73(76)67-64-61-58-55-52-49-46-43-28-26-23-20-17-14-11-8-5-2/h7,10,16-17,19-20,25-28,30-31,70H,4-6,8-9,11-15,18,21-24,29,32-69H2,1-3H3/b10-7-,19-16-,20-17-,27-25-,28-26-,31-30-. The van der Waals surface area contributed by atoms with Crippen molar-refractivity contribution in [1.82, 2.24) is 0 Å². The summed E-state index contributed by atoms with van der Waals surface area (Å²) >= 11 is 0. The number of ether oxygens (including phenoxy) is 3. The first-order chi connectivity index (χ1) is 39.0. The lowest BCUT2D eigenvalue weighted by molar-refractivity contribution is -0.167. The number of carbonyl (C=O) groups excluding carboxylic acids is 3. The van der Waals surface area contributed by atoms with Crippen molar-refractivity contribution >= 4 is 17.9 Å². The van der Waals surface area contributed by atoms with Crippen molar-refractivity contribution in [3.8, 4) is 0 Å². The molecule has 0 aromatic heterocycles. The van der Waals surface area contributed by atoms with Crippen LogP contribution in [0.25, 0.3) is 0 Å². The van der Waals surface area contributed by atoms with Crippen molar-refractivity contribution in [2.24, 2.45) is 0 Å². The van der Waals surface area contributed by atoms with Gasteiger partial charge in [0.05, 0.1) is 0 Å². The zero-order chi connectivity index (χ0) is 57.1. The van der Waals surface area contributed by atoms with Crippen molar-refractivity contribution in [1.29, 1.82) is 0 Å². The van der Waals surface area contributed by atoms with E-state index in [1.165, 1.54) is 218 Å². The first kappa shape index (κ1) is 75.8. The normalized spacial score (nSPS) is 12.5. The van der Waals surface area contributed by atoms with Gasteiger partial charge in [0.2, 0.25) is 0 Å². The van der Waals surface area contributed by atoms with E-state index in [0.29, 0.717) is 19.3 Å². The maximum atomic E-state index is 12.9. The second-order valence-corrected chi connectivity index (χ2v) is 23.1. The molecule has 0 fully saturated rings. The van der Waals surface area contributed by atoms with Gasteiger partial charge in [-0.2, -0.15) is 0 Å². The summed E-state index contributed by atoms with van der Waals surface area (Å²) in [5.74, 6) is -0.859. The quantitative estimate of drug-likeness (QED) is 0.0261. The molecule has 1 unspecified atom stereocenters. The third kappa shape index (κ3) is 65.5. The maximum absolute atomic E-state index is 12.9. The minimum atomic E-state index is -0.777. The average Bonchev–Trinajstić information content (AvgIpc) is 3.45. The molecule has 0 spiro atoms. The van der Waals surface area contributed by atoms with Crippen LogP contribution in [0.1, 0.15) is 355 Å². The van der Waals surface area contributed by atoms with Crippen molar-refractivity contribution < 1.29 is 28.6 Å². The van der Waals surface area contributed by atoms with E-state index in [-0.39, 0.29) is 31.1 Å². The molecular weight excluding hydrogens is 973 g/mol. The molecule has 0 amide bonds. The second kappa shape index (κ2) is 67.4. The Morgan fingerprint density at radius 1 is 0.266 bits per heavy atom. The Hall–Kier alpha value is -3.15. The van der Waals surface area contributed by atoms with Gasteiger partial charge in [0, 0.05) is 19.3 Å². The average molecular weight is 1100 g/mol. The smallest absolute Gasteiger partial charge is 0.306 e. The van der Waals surface area contributed by atoms with Gasteiger partial charge in [-0.15, -0.1) is 0 Å². The van der Waals surface area contributed by atoms with E-state index in [9.17, 15) is 14.4 Å². The lowest BCUT2D eigenvalue weighted by Crippen LogP contribution is -2.30. The number of hydrogen-bond donors (Lipinski definition) is 0. The van der Waals surface area contributed by atoms with Crippen LogP contribution in [0.5, 0.6) is 0 Å². The van der Waals surface area contributed by atoms with Gasteiger partial charge in [-0.05, 0) is 89.9 Å². The predicted molar refractivity (Wildman–Crippen MR) is 344 cm³/mol. The monoisotopic (exact) mass is 1100 g/mol. The van der Waals surface area contributed by atoms with E-state index >= 15 is 0 Å². The van der Waals surface area contributed by atoms with Crippen LogP contribution in [0.3, 0.4) is 0 Å². The summed E-state index contributed by atoms with van der Waals surface area (Å²) in [7, 11) is 0. The number of unbranched alkanes of at least 4 members (excludes halogenated alkanes) is 40. The zero-order valence-corrected chi connectivity index (χ0v) is 52.6. The molecule has 0 saturated heterocycles. The van der Waals surface area contributed by atoms with Crippen molar-refractivity contribution in [3.05, 3.63) is 72.9 Å². The Bertz CT molecular complexity index is 1450. The van der Waals surface area contributed by atoms with Gasteiger partial charge in [-0.3, -0.25) is 14.4 Å². The summed E-state index contributed by atoms with van der Waals surface area (Å²) in [6, 6.07) is 0. The summed E-state index contributed by atoms with van der Waals surface area (Å²) in [5.41, 5.74) is 0. The molecule has 1 atom stereocenters. The van der Waals surface area contributed by atoms with Crippen LogP contribution in [-0.4, -0.2) is 37.2 Å². The third-order valence-electron chi connectivity index (χ3n) is 15.2. The van der Waals surface area contributed by atoms with Gasteiger partial charge >= 0.3 is 17.9 Å². The molecule has 0 aliphatic rings. The molecule has 0 radical (unpaired) electrons. The molecule has 0 rings (SSSR count). The van der Waals surface area contributed by atoms with Gasteiger partial charge in [-0.25, -0.2) is 0 Å². The molecule has 0 saturated carbocycles. The van der Waals surface area contributed by atoms with E-state index in [2.05, 4.69) is 93.7 Å². The molecule has 79 heavy (non-hydrogen) atoms. The fraction of sp³-hybridized carbons (Fsp3) is 0.795. The van der Waals surface area contributed by atoms with Gasteiger partial charge in [0.25, 0.3) is 0 Å². The highest BCUT2D eigenvalue weighted by Crippen LogP contribution is 2.18. The van der Waals surface area contributed by atoms with Crippen LogP contribution < -0.4 is 0 Å². The fourth-order valence-corrected chi connectivity index (χ4v) is 10.1. The van der Waals surface area contributed by atoms with Gasteiger partial charge < -0.3 is 14.2 Å². The summed E-state index contributed by atoms with van der Waals surface area (Å²) in [5, 5.41) is 0. The number of hydrogen-bond acceptors (Lipinski definition) is 6. The van der Waals surface area contributed by atoms with Crippen LogP contribution in [-0.2, 0) is 28.6 Å². The highest BCUT2D eigenvalue weighted by atomic mass is 16.6. The fourth-order valence-electron chi connectivity index (χ4n) is 10.1. The van der Waals surface area contributed by atoms with Crippen LogP contribution >= 0.6 is 0 Å². The Labute approximate surface area is 491 Å². The topological polar surface area (TPSA) is 78.9 Å². The van der Waals surface area contributed by atoms with E-state index < -0.39 is 6.10 Å². The largest absolute Gasteiger partial charge is 0.462 e. The van der Waals surface area contributed by atoms with E-state index in [1.54, 1.807) is 0 Å². The van der Waals surface area contributed by atoms with Crippen LogP contribution in [0.4, 0.5) is 0 Å². The Morgan fingerprint density at radius 2 is 0.494 bits per heavy atom. The van der Waals surface area contributed by atoms with Crippen molar-refractivity contribution in [2.75, 3.05) is 13.2 Å². The Balaban J connectivity index is 4.17. The minimum Gasteiger partial charge on any atom is -0.462 e. The van der Waals surface area contributed by atoms with Gasteiger partial charge in [0.15, 0.2) is 6.10 Å². The molecule has 458 valence electrons. The number of rotatable bonds is 63. The summed E-state index contributed by atoms with van der Waals surface area (Å²) in [6.07, 6.45) is 87.8. The second-order valence-electron chi connectivity index (χ2n) is 23.1. The molecule has 6 nitrogen and oxygen atoms in total. The predicted octanol–water partition coefficient (Wildman–Crippen LogP) is 23.7. The Morgan fingerprint density at radius 3 is 0.797 bits per heavy atom. The SMILES string of the molecule is CC/C=C\C/C=C\C/C=C\C/C=C\CCCCCCCCCCCCCCCCCCCCC(=O)OCC(COC(=O)CCCCCCCCCCCCCCC)OC(=O)CCCCCCCCC/C=C\C/C=C\CCCCC. The van der Waals surface area contributed by atoms with Crippen LogP contribution in [0.2, 0.25) is 0 Å². The van der Waals surface area contributed by atoms with Crippen molar-refractivity contribution in [2.45, 2.75) is 361 Å². The molecular formula is C73H130O6. The minimum absolute atomic E-state index is 0.0729. The van der Waals surface area contributed by atoms with E-state index in [0.717, 1.165) is 96.3 Å². The molecule has 0 aromatic carbocycles. The summed E-state index contributed by atoms with van der Waals surface area (Å²) < 4.78 is 17.0. The van der Waals surface area contributed by atoms with Crippen molar-refractivity contribution in [3.63, 3.8) is 0 Å². The Kier molecular flexibility index (Phi) is 64.7. The third-order valence-corrected chi connectivity index (χ3v) is 15.2. The van der Waals surface area contributed by atoms with Gasteiger partial charge in [-0.1, -0.05) is 318 Å². The highest BCUT2D eigenvalue weighted by molar-refractivity contribution is 5.71. The molecule has 0 aliphatic heterocycles. The molecule has 0 N–H and O–H groups in total. The maximum Gasteiger partial charge on any atom is 0.306 e. The lowest BCUT2D eigenvalue weighted by atomic mass is 10.0. The molecule has 0 bridgehead atoms. The highest BCUT2D eigenvalue weighted by Gasteiger charge is 2.19. The molecule has 6 heteroatoms.